The number of amides is 1. The van der Waals surface area contributed by atoms with Gasteiger partial charge in [-0.3, -0.25) is 4.79 Å². The highest BCUT2D eigenvalue weighted by Crippen LogP contribution is 2.21. The molecule has 0 radical (unpaired) electrons. The fourth-order valence-corrected chi connectivity index (χ4v) is 2.86. The Morgan fingerprint density at radius 3 is 2.59 bits per heavy atom. The minimum Gasteiger partial charge on any atom is -0.483 e. The van der Waals surface area contributed by atoms with Gasteiger partial charge in [0.15, 0.2) is 6.61 Å². The van der Waals surface area contributed by atoms with E-state index >= 15 is 0 Å². The number of ether oxygens (including phenoxy) is 1. The molecule has 0 spiro atoms. The van der Waals surface area contributed by atoms with Gasteiger partial charge in [0.2, 0.25) is 0 Å². The minimum atomic E-state index is -0.196. The number of para-hydroxylation sites is 1. The maximum absolute atomic E-state index is 12.1. The molecule has 1 N–H and O–H groups in total. The summed E-state index contributed by atoms with van der Waals surface area (Å²) in [7, 11) is 0. The first kappa shape index (κ1) is 16.8. The van der Waals surface area contributed by atoms with Gasteiger partial charge >= 0.3 is 0 Å². The van der Waals surface area contributed by atoms with E-state index < -0.39 is 0 Å². The van der Waals surface area contributed by atoms with E-state index in [1.807, 2.05) is 90.4 Å². The Morgan fingerprint density at radius 1 is 1.04 bits per heavy atom. The smallest absolute Gasteiger partial charge is 0.262 e. The number of aryl methyl sites for hydroxylation is 1. The number of imidazole rings is 1. The van der Waals surface area contributed by atoms with Crippen LogP contribution in [0.15, 0.2) is 79.1 Å². The number of fused-ring (bicyclic) bond motifs is 1. The third-order valence-corrected chi connectivity index (χ3v) is 4.28. The third-order valence-electron chi connectivity index (χ3n) is 4.28. The van der Waals surface area contributed by atoms with Gasteiger partial charge < -0.3 is 14.5 Å². The van der Waals surface area contributed by atoms with E-state index in [4.69, 9.17) is 4.74 Å². The first-order valence-electron chi connectivity index (χ1n) is 8.71. The Hall–Kier alpha value is -3.60. The molecule has 0 aliphatic carbocycles. The Bertz CT molecular complexity index is 1050. The summed E-state index contributed by atoms with van der Waals surface area (Å²) in [5.41, 5.74) is 4.51. The molecule has 5 heteroatoms. The number of carbonyl (C=O) groups excluding carboxylic acids is 1. The zero-order chi connectivity index (χ0) is 18.6. The Morgan fingerprint density at radius 2 is 1.81 bits per heavy atom. The molecular formula is C22H19N3O2. The molecule has 2 heterocycles. The van der Waals surface area contributed by atoms with Crippen molar-refractivity contribution in [1.29, 1.82) is 0 Å². The Kier molecular flexibility index (Phi) is 4.58. The standard InChI is InChI=1S/C22H19N3O2/c1-16-6-2-3-7-20(16)27-15-22(26)23-18-11-9-17(10-12-18)19-14-25-13-5-4-8-21(25)24-19/h2-14H,15H2,1H3,(H,23,26). The second-order valence-corrected chi connectivity index (χ2v) is 6.27. The van der Waals surface area contributed by atoms with Crippen molar-refractivity contribution < 1.29 is 9.53 Å². The van der Waals surface area contributed by atoms with E-state index in [0.717, 1.165) is 33.9 Å². The van der Waals surface area contributed by atoms with Crippen LogP contribution in [0.1, 0.15) is 5.56 Å². The van der Waals surface area contributed by atoms with Gasteiger partial charge in [-0.15, -0.1) is 0 Å². The molecule has 0 aliphatic rings. The van der Waals surface area contributed by atoms with Gasteiger partial charge in [0, 0.05) is 23.6 Å². The van der Waals surface area contributed by atoms with Gasteiger partial charge in [-0.2, -0.15) is 0 Å². The molecule has 134 valence electrons. The molecule has 5 nitrogen and oxygen atoms in total. The summed E-state index contributed by atoms with van der Waals surface area (Å²) in [5.74, 6) is 0.522. The number of benzene rings is 2. The topological polar surface area (TPSA) is 55.6 Å². The van der Waals surface area contributed by atoms with Gasteiger partial charge in [0.05, 0.1) is 5.69 Å². The summed E-state index contributed by atoms with van der Waals surface area (Å²) in [5, 5.41) is 2.85. The number of anilines is 1. The number of pyridine rings is 1. The average Bonchev–Trinajstić information content (AvgIpc) is 3.12. The molecule has 0 unspecified atom stereocenters. The van der Waals surface area contributed by atoms with Gasteiger partial charge in [0.1, 0.15) is 11.4 Å². The zero-order valence-corrected chi connectivity index (χ0v) is 14.9. The molecule has 0 fully saturated rings. The van der Waals surface area contributed by atoms with Crippen molar-refractivity contribution in [2.75, 3.05) is 11.9 Å². The summed E-state index contributed by atoms with van der Waals surface area (Å²) < 4.78 is 7.55. The summed E-state index contributed by atoms with van der Waals surface area (Å²) in [6, 6.07) is 21.1. The van der Waals surface area contributed by atoms with Crippen LogP contribution in [0.5, 0.6) is 5.75 Å². The zero-order valence-electron chi connectivity index (χ0n) is 14.9. The molecule has 0 atom stereocenters. The number of hydrogen-bond acceptors (Lipinski definition) is 3. The summed E-state index contributed by atoms with van der Waals surface area (Å²) in [6.07, 6.45) is 3.95. The molecule has 0 saturated carbocycles. The van der Waals surface area contributed by atoms with Gasteiger partial charge in [-0.05, 0) is 42.8 Å². The lowest BCUT2D eigenvalue weighted by molar-refractivity contribution is -0.118. The van der Waals surface area contributed by atoms with E-state index in [-0.39, 0.29) is 12.5 Å². The van der Waals surface area contributed by atoms with Gasteiger partial charge in [-0.25, -0.2) is 4.98 Å². The van der Waals surface area contributed by atoms with Crippen LogP contribution in [0.25, 0.3) is 16.9 Å². The van der Waals surface area contributed by atoms with Crippen LogP contribution >= 0.6 is 0 Å². The van der Waals surface area contributed by atoms with E-state index in [1.165, 1.54) is 0 Å². The lowest BCUT2D eigenvalue weighted by atomic mass is 10.1. The predicted molar refractivity (Wildman–Crippen MR) is 106 cm³/mol. The fraction of sp³-hybridized carbons (Fsp3) is 0.0909. The molecule has 2 aromatic carbocycles. The maximum Gasteiger partial charge on any atom is 0.262 e. The molecule has 4 rings (SSSR count). The van der Waals surface area contributed by atoms with Crippen LogP contribution in [0, 0.1) is 6.92 Å². The molecule has 0 bridgehead atoms. The van der Waals surface area contributed by atoms with Crippen LogP contribution < -0.4 is 10.1 Å². The second-order valence-electron chi connectivity index (χ2n) is 6.27. The van der Waals surface area contributed by atoms with Crippen LogP contribution in [0.4, 0.5) is 5.69 Å². The highest BCUT2D eigenvalue weighted by molar-refractivity contribution is 5.92. The van der Waals surface area contributed by atoms with Crippen LogP contribution in [-0.4, -0.2) is 21.9 Å². The fourth-order valence-electron chi connectivity index (χ4n) is 2.86. The lowest BCUT2D eigenvalue weighted by Crippen LogP contribution is -2.20. The van der Waals surface area contributed by atoms with Crippen LogP contribution in [0.3, 0.4) is 0 Å². The minimum absolute atomic E-state index is 0.0287. The predicted octanol–water partition coefficient (Wildman–Crippen LogP) is 4.33. The number of aromatic nitrogens is 2. The number of nitrogens with zero attached hydrogens (tertiary/aromatic N) is 2. The van der Waals surface area contributed by atoms with Crippen molar-refractivity contribution in [2.24, 2.45) is 0 Å². The van der Waals surface area contributed by atoms with Crippen molar-refractivity contribution in [3.8, 4) is 17.0 Å². The molecule has 27 heavy (non-hydrogen) atoms. The largest absolute Gasteiger partial charge is 0.483 e. The first-order chi connectivity index (χ1) is 13.2. The first-order valence-corrected chi connectivity index (χ1v) is 8.71. The van der Waals surface area contributed by atoms with Crippen LogP contribution in [0.2, 0.25) is 0 Å². The average molecular weight is 357 g/mol. The molecular weight excluding hydrogens is 338 g/mol. The maximum atomic E-state index is 12.1. The molecule has 0 saturated heterocycles. The second kappa shape index (κ2) is 7.33. The number of nitrogens with one attached hydrogen (secondary N) is 1. The Labute approximate surface area is 157 Å². The summed E-state index contributed by atoms with van der Waals surface area (Å²) >= 11 is 0. The van der Waals surface area contributed by atoms with Crippen molar-refractivity contribution in [2.45, 2.75) is 6.92 Å². The van der Waals surface area contributed by atoms with Gasteiger partial charge in [-0.1, -0.05) is 36.4 Å². The van der Waals surface area contributed by atoms with E-state index in [9.17, 15) is 4.79 Å². The van der Waals surface area contributed by atoms with Crippen LogP contribution in [-0.2, 0) is 4.79 Å². The summed E-state index contributed by atoms with van der Waals surface area (Å²) in [6.45, 7) is 1.92. The quantitative estimate of drug-likeness (QED) is 0.578. The van der Waals surface area contributed by atoms with Crippen molar-refractivity contribution in [3.05, 3.63) is 84.7 Å². The van der Waals surface area contributed by atoms with Crippen molar-refractivity contribution in [1.82, 2.24) is 9.38 Å². The third kappa shape index (κ3) is 3.82. The van der Waals surface area contributed by atoms with E-state index in [0.29, 0.717) is 0 Å². The summed E-state index contributed by atoms with van der Waals surface area (Å²) in [4.78, 5) is 16.7. The highest BCUT2D eigenvalue weighted by atomic mass is 16.5. The van der Waals surface area contributed by atoms with Crippen molar-refractivity contribution in [3.63, 3.8) is 0 Å². The molecule has 4 aromatic rings. The molecule has 2 aromatic heterocycles. The Balaban J connectivity index is 1.40. The SMILES string of the molecule is Cc1ccccc1OCC(=O)Nc1ccc(-c2cn3ccccc3n2)cc1. The lowest BCUT2D eigenvalue weighted by Gasteiger charge is -2.09. The highest BCUT2D eigenvalue weighted by Gasteiger charge is 2.07. The van der Waals surface area contributed by atoms with E-state index in [1.54, 1.807) is 0 Å². The normalized spacial score (nSPS) is 10.7. The monoisotopic (exact) mass is 357 g/mol. The molecule has 1 amide bonds. The van der Waals surface area contributed by atoms with Crippen molar-refractivity contribution >= 4 is 17.2 Å². The number of rotatable bonds is 5. The van der Waals surface area contributed by atoms with E-state index in [2.05, 4.69) is 10.3 Å². The number of carbonyl (C=O) groups is 1. The van der Waals surface area contributed by atoms with Gasteiger partial charge in [0.25, 0.3) is 5.91 Å². The molecule has 0 aliphatic heterocycles. The number of hydrogen-bond donors (Lipinski definition) is 1.